The molecule has 0 bridgehead atoms. The molecule has 160 valence electrons. The van der Waals surface area contributed by atoms with Crippen molar-refractivity contribution in [2.75, 3.05) is 0 Å². The smallest absolute Gasteiger partial charge is 0.329 e. The molecule has 6 nitrogen and oxygen atoms in total. The Morgan fingerprint density at radius 1 is 0.871 bits per heavy atom. The Balaban J connectivity index is 1.67. The van der Waals surface area contributed by atoms with E-state index in [0.717, 1.165) is 16.7 Å². The van der Waals surface area contributed by atoms with Crippen LogP contribution in [0.25, 0.3) is 0 Å². The number of aromatic hydroxyl groups is 1. The molecular formula is C25H25NO5. The normalized spacial score (nSPS) is 11.4. The first-order valence-electron chi connectivity index (χ1n) is 9.97. The van der Waals surface area contributed by atoms with E-state index in [1.807, 2.05) is 60.7 Å². The third-order valence-corrected chi connectivity index (χ3v) is 4.59. The molecule has 0 saturated heterocycles. The molecule has 3 rings (SSSR count). The lowest BCUT2D eigenvalue weighted by Gasteiger charge is -2.18. The van der Waals surface area contributed by atoms with Gasteiger partial charge in [0.25, 0.3) is 0 Å². The molecule has 0 aliphatic carbocycles. The average molecular weight is 419 g/mol. The number of esters is 1. The minimum absolute atomic E-state index is 0.00223. The highest BCUT2D eigenvalue weighted by Crippen LogP contribution is 2.28. The Hall–Kier alpha value is -3.80. The van der Waals surface area contributed by atoms with Crippen molar-refractivity contribution in [2.24, 2.45) is 0 Å². The van der Waals surface area contributed by atoms with Gasteiger partial charge in [-0.3, -0.25) is 4.79 Å². The van der Waals surface area contributed by atoms with Crippen LogP contribution >= 0.6 is 0 Å². The lowest BCUT2D eigenvalue weighted by atomic mass is 10.0. The van der Waals surface area contributed by atoms with Gasteiger partial charge in [-0.05, 0) is 28.8 Å². The van der Waals surface area contributed by atoms with E-state index in [-0.39, 0.29) is 24.7 Å². The van der Waals surface area contributed by atoms with E-state index in [4.69, 9.17) is 9.47 Å². The summed E-state index contributed by atoms with van der Waals surface area (Å²) in [6.45, 7) is 1.77. The average Bonchev–Trinajstić information content (AvgIpc) is 2.78. The van der Waals surface area contributed by atoms with Crippen LogP contribution in [0.5, 0.6) is 11.5 Å². The van der Waals surface area contributed by atoms with Crippen LogP contribution in [-0.2, 0) is 34.0 Å². The number of hydrogen-bond donors (Lipinski definition) is 2. The van der Waals surface area contributed by atoms with Gasteiger partial charge in [-0.2, -0.15) is 0 Å². The molecule has 0 aromatic heterocycles. The highest BCUT2D eigenvalue weighted by atomic mass is 16.5. The van der Waals surface area contributed by atoms with Crippen LogP contribution in [0.4, 0.5) is 0 Å². The van der Waals surface area contributed by atoms with Crippen LogP contribution in [0.2, 0.25) is 0 Å². The molecule has 1 atom stereocenters. The Labute approximate surface area is 181 Å². The summed E-state index contributed by atoms with van der Waals surface area (Å²) in [5.41, 5.74) is 2.54. The highest BCUT2D eigenvalue weighted by Gasteiger charge is 2.22. The summed E-state index contributed by atoms with van der Waals surface area (Å²) in [5.74, 6) is -0.553. The van der Waals surface area contributed by atoms with E-state index in [9.17, 15) is 14.7 Å². The molecule has 0 unspecified atom stereocenters. The van der Waals surface area contributed by atoms with Crippen molar-refractivity contribution in [1.29, 1.82) is 0 Å². The number of amides is 1. The summed E-state index contributed by atoms with van der Waals surface area (Å²) >= 11 is 0. The molecule has 3 aromatic carbocycles. The molecular weight excluding hydrogens is 394 g/mol. The Bertz CT molecular complexity index is 1000. The number of hydrogen-bond acceptors (Lipinski definition) is 5. The van der Waals surface area contributed by atoms with Gasteiger partial charge in [0.15, 0.2) is 11.5 Å². The number of rotatable bonds is 9. The van der Waals surface area contributed by atoms with Crippen molar-refractivity contribution < 1.29 is 24.2 Å². The number of phenolic OH excluding ortho intramolecular Hbond substituents is 1. The minimum atomic E-state index is -0.854. The summed E-state index contributed by atoms with van der Waals surface area (Å²) in [6.07, 6.45) is 0.204. The molecule has 0 fully saturated rings. The van der Waals surface area contributed by atoms with Gasteiger partial charge in [0.1, 0.15) is 19.3 Å². The van der Waals surface area contributed by atoms with Gasteiger partial charge in [-0.15, -0.1) is 0 Å². The van der Waals surface area contributed by atoms with E-state index < -0.39 is 12.0 Å². The number of ether oxygens (including phenoxy) is 2. The van der Waals surface area contributed by atoms with Gasteiger partial charge in [0.05, 0.1) is 0 Å². The van der Waals surface area contributed by atoms with Crippen LogP contribution in [0.15, 0.2) is 78.9 Å². The fraction of sp³-hybridized carbons (Fsp3) is 0.200. The molecule has 2 N–H and O–H groups in total. The van der Waals surface area contributed by atoms with Gasteiger partial charge < -0.3 is 19.9 Å². The summed E-state index contributed by atoms with van der Waals surface area (Å²) in [7, 11) is 0. The predicted octanol–water partition coefficient (Wildman–Crippen LogP) is 3.76. The van der Waals surface area contributed by atoms with E-state index >= 15 is 0 Å². The largest absolute Gasteiger partial charge is 0.504 e. The molecule has 6 heteroatoms. The van der Waals surface area contributed by atoms with E-state index in [1.54, 1.807) is 12.1 Å². The van der Waals surface area contributed by atoms with Crippen molar-refractivity contribution in [2.45, 2.75) is 32.6 Å². The summed E-state index contributed by atoms with van der Waals surface area (Å²) in [6, 6.07) is 22.9. The first-order chi connectivity index (χ1) is 15.0. The fourth-order valence-corrected chi connectivity index (χ4v) is 3.04. The zero-order valence-corrected chi connectivity index (χ0v) is 17.3. The highest BCUT2D eigenvalue weighted by molar-refractivity contribution is 5.83. The summed E-state index contributed by atoms with van der Waals surface area (Å²) in [4.78, 5) is 24.2. The maximum Gasteiger partial charge on any atom is 0.329 e. The van der Waals surface area contributed by atoms with Crippen LogP contribution in [0.3, 0.4) is 0 Å². The first-order valence-corrected chi connectivity index (χ1v) is 9.97. The topological polar surface area (TPSA) is 84.9 Å². The second-order valence-electron chi connectivity index (χ2n) is 7.13. The molecule has 3 aromatic rings. The third-order valence-electron chi connectivity index (χ3n) is 4.59. The lowest BCUT2D eigenvalue weighted by molar-refractivity contribution is -0.149. The standard InChI is InChI=1S/C25H25NO5/c1-18(27)26-22(25(29)31-17-20-10-6-3-7-11-20)14-21-12-13-23(28)24(15-21)30-16-19-8-4-2-5-9-19/h2-13,15,22,28H,14,16-17H2,1H3,(H,26,27)/t22-/m0/s1. The van der Waals surface area contributed by atoms with Crippen molar-refractivity contribution >= 4 is 11.9 Å². The maximum atomic E-state index is 12.6. The van der Waals surface area contributed by atoms with Crippen LogP contribution in [0.1, 0.15) is 23.6 Å². The first kappa shape index (κ1) is 21.9. The predicted molar refractivity (Wildman–Crippen MR) is 116 cm³/mol. The van der Waals surface area contributed by atoms with Crippen molar-refractivity contribution in [1.82, 2.24) is 5.32 Å². The van der Waals surface area contributed by atoms with Gasteiger partial charge in [-0.25, -0.2) is 4.79 Å². The molecule has 0 saturated carbocycles. The molecule has 31 heavy (non-hydrogen) atoms. The van der Waals surface area contributed by atoms with Crippen molar-refractivity contribution in [3.05, 3.63) is 95.6 Å². The second-order valence-corrected chi connectivity index (χ2v) is 7.13. The van der Waals surface area contributed by atoms with E-state index in [0.29, 0.717) is 12.4 Å². The summed E-state index contributed by atoms with van der Waals surface area (Å²) < 4.78 is 11.1. The van der Waals surface area contributed by atoms with Gasteiger partial charge in [-0.1, -0.05) is 66.7 Å². The van der Waals surface area contributed by atoms with E-state index in [2.05, 4.69) is 5.32 Å². The van der Waals surface area contributed by atoms with Crippen LogP contribution in [0, 0.1) is 0 Å². The molecule has 0 heterocycles. The number of carbonyl (C=O) groups is 2. The fourth-order valence-electron chi connectivity index (χ4n) is 3.04. The minimum Gasteiger partial charge on any atom is -0.504 e. The lowest BCUT2D eigenvalue weighted by Crippen LogP contribution is -2.42. The number of nitrogens with one attached hydrogen (secondary N) is 1. The summed E-state index contributed by atoms with van der Waals surface area (Å²) in [5, 5.41) is 12.8. The molecule has 0 aliphatic heterocycles. The van der Waals surface area contributed by atoms with Crippen molar-refractivity contribution in [3.63, 3.8) is 0 Å². The zero-order chi connectivity index (χ0) is 22.1. The van der Waals surface area contributed by atoms with Crippen LogP contribution in [-0.4, -0.2) is 23.0 Å². The Kier molecular flexibility index (Phi) is 7.65. The molecule has 1 amide bonds. The second kappa shape index (κ2) is 10.8. The van der Waals surface area contributed by atoms with Crippen LogP contribution < -0.4 is 10.1 Å². The number of carbonyl (C=O) groups excluding carboxylic acids is 2. The SMILES string of the molecule is CC(=O)N[C@@H](Cc1ccc(O)c(OCc2ccccc2)c1)C(=O)OCc1ccccc1. The quantitative estimate of drug-likeness (QED) is 0.516. The number of phenols is 1. The maximum absolute atomic E-state index is 12.6. The van der Waals surface area contributed by atoms with Gasteiger partial charge in [0.2, 0.25) is 5.91 Å². The Morgan fingerprint density at radius 3 is 2.10 bits per heavy atom. The van der Waals surface area contributed by atoms with E-state index in [1.165, 1.54) is 13.0 Å². The third kappa shape index (κ3) is 6.89. The monoisotopic (exact) mass is 419 g/mol. The molecule has 0 spiro atoms. The molecule has 0 radical (unpaired) electrons. The Morgan fingerprint density at radius 2 is 1.48 bits per heavy atom. The van der Waals surface area contributed by atoms with Crippen molar-refractivity contribution in [3.8, 4) is 11.5 Å². The number of benzene rings is 3. The zero-order valence-electron chi connectivity index (χ0n) is 17.3. The van der Waals surface area contributed by atoms with Gasteiger partial charge >= 0.3 is 5.97 Å². The molecule has 0 aliphatic rings. The van der Waals surface area contributed by atoms with Gasteiger partial charge in [0, 0.05) is 13.3 Å².